The summed E-state index contributed by atoms with van der Waals surface area (Å²) in [7, 11) is 0. The summed E-state index contributed by atoms with van der Waals surface area (Å²) >= 11 is 6.16. The van der Waals surface area contributed by atoms with Crippen molar-refractivity contribution in [2.24, 2.45) is 0 Å². The van der Waals surface area contributed by atoms with Crippen molar-refractivity contribution in [2.45, 2.75) is 32.1 Å². The molecule has 2 aromatic carbocycles. The van der Waals surface area contributed by atoms with Crippen molar-refractivity contribution in [1.82, 2.24) is 9.88 Å². The van der Waals surface area contributed by atoms with Gasteiger partial charge in [0.05, 0.1) is 11.2 Å². The van der Waals surface area contributed by atoms with Gasteiger partial charge in [0.15, 0.2) is 0 Å². The number of pyridine rings is 1. The average Bonchev–Trinajstić information content (AvgIpc) is 3.14. The molecular weight excluding hydrogens is 352 g/mol. The van der Waals surface area contributed by atoms with Crippen LogP contribution in [0.1, 0.15) is 36.8 Å². The summed E-state index contributed by atoms with van der Waals surface area (Å²) in [6, 6.07) is 16.7. The first-order valence-electron chi connectivity index (χ1n) is 9.94. The molecule has 0 bridgehead atoms. The first-order chi connectivity index (χ1) is 13.3. The highest BCUT2D eigenvalue weighted by Crippen LogP contribution is 2.40. The minimum atomic E-state index is 0.765. The second-order valence-electron chi connectivity index (χ2n) is 7.51. The lowest BCUT2D eigenvalue weighted by molar-refractivity contribution is 0.492. The van der Waals surface area contributed by atoms with Crippen LogP contribution in [0.25, 0.3) is 27.9 Å². The molecule has 3 aromatic rings. The van der Waals surface area contributed by atoms with Crippen LogP contribution >= 0.6 is 11.6 Å². The van der Waals surface area contributed by atoms with Gasteiger partial charge in [-0.3, -0.25) is 0 Å². The van der Waals surface area contributed by atoms with Crippen LogP contribution < -0.4 is 0 Å². The first kappa shape index (κ1) is 16.8. The highest BCUT2D eigenvalue weighted by Gasteiger charge is 2.25. The van der Waals surface area contributed by atoms with Gasteiger partial charge in [0, 0.05) is 40.3 Å². The van der Waals surface area contributed by atoms with Crippen molar-refractivity contribution >= 4 is 28.2 Å². The second-order valence-corrected chi connectivity index (χ2v) is 7.95. The van der Waals surface area contributed by atoms with E-state index in [4.69, 9.17) is 16.6 Å². The lowest BCUT2D eigenvalue weighted by atomic mass is 9.93. The van der Waals surface area contributed by atoms with Gasteiger partial charge in [0.1, 0.15) is 0 Å². The van der Waals surface area contributed by atoms with Crippen LogP contribution in [0.5, 0.6) is 0 Å². The monoisotopic (exact) mass is 374 g/mol. The Labute approximate surface area is 165 Å². The molecule has 0 saturated carbocycles. The molecule has 1 fully saturated rings. The molecule has 27 heavy (non-hydrogen) atoms. The molecule has 0 atom stereocenters. The molecule has 0 spiro atoms. The van der Waals surface area contributed by atoms with Gasteiger partial charge in [-0.05, 0) is 55.9 Å². The van der Waals surface area contributed by atoms with E-state index in [1.54, 1.807) is 0 Å². The number of fused-ring (bicyclic) bond motifs is 3. The van der Waals surface area contributed by atoms with E-state index in [1.807, 2.05) is 12.1 Å². The predicted molar refractivity (Wildman–Crippen MR) is 114 cm³/mol. The number of hydrogen-bond donors (Lipinski definition) is 0. The highest BCUT2D eigenvalue weighted by atomic mass is 35.5. The molecule has 3 heteroatoms. The number of para-hydroxylation sites is 1. The maximum atomic E-state index is 6.16. The summed E-state index contributed by atoms with van der Waals surface area (Å²) in [6.45, 7) is 2.30. The normalized spacial score (nSPS) is 16.9. The molecule has 0 amide bonds. The van der Waals surface area contributed by atoms with Crippen LogP contribution in [0.4, 0.5) is 0 Å². The number of aryl methyl sites for hydroxylation is 1. The van der Waals surface area contributed by atoms with Gasteiger partial charge in [-0.25, -0.2) is 4.98 Å². The fourth-order valence-corrected chi connectivity index (χ4v) is 4.62. The number of likely N-dealkylation sites (tertiary alicyclic amines) is 1. The molecule has 1 aliphatic carbocycles. The smallest absolute Gasteiger partial charge is 0.0805 e. The Balaban J connectivity index is 1.81. The van der Waals surface area contributed by atoms with E-state index >= 15 is 0 Å². The largest absolute Gasteiger partial charge is 0.371 e. The number of allylic oxidation sites excluding steroid dienone is 1. The van der Waals surface area contributed by atoms with E-state index in [9.17, 15) is 0 Å². The molecule has 1 aromatic heterocycles. The molecule has 2 aliphatic rings. The quantitative estimate of drug-likeness (QED) is 0.521. The SMILES string of the molecule is Clc1ccc(-c2nc3ccccc3c3c2C(N2CCCC2)=CCCC3)cc1. The lowest BCUT2D eigenvalue weighted by Gasteiger charge is -2.26. The van der Waals surface area contributed by atoms with Gasteiger partial charge in [-0.2, -0.15) is 0 Å². The summed E-state index contributed by atoms with van der Waals surface area (Å²) < 4.78 is 0. The van der Waals surface area contributed by atoms with Gasteiger partial charge >= 0.3 is 0 Å². The lowest BCUT2D eigenvalue weighted by Crippen LogP contribution is -2.19. The Morgan fingerprint density at radius 2 is 1.67 bits per heavy atom. The fourth-order valence-electron chi connectivity index (χ4n) is 4.50. The maximum absolute atomic E-state index is 6.16. The molecule has 0 N–H and O–H groups in total. The maximum Gasteiger partial charge on any atom is 0.0805 e. The minimum Gasteiger partial charge on any atom is -0.371 e. The summed E-state index contributed by atoms with van der Waals surface area (Å²) in [6.07, 6.45) is 8.45. The van der Waals surface area contributed by atoms with E-state index < -0.39 is 0 Å². The van der Waals surface area contributed by atoms with E-state index in [1.165, 1.54) is 41.5 Å². The van der Waals surface area contributed by atoms with E-state index in [0.29, 0.717) is 0 Å². The van der Waals surface area contributed by atoms with Crippen LogP contribution in [-0.4, -0.2) is 23.0 Å². The second kappa shape index (κ2) is 7.01. The van der Waals surface area contributed by atoms with Crippen molar-refractivity contribution in [3.05, 3.63) is 70.8 Å². The third kappa shape index (κ3) is 3.02. The molecule has 2 heterocycles. The Morgan fingerprint density at radius 1 is 0.889 bits per heavy atom. The number of aromatic nitrogens is 1. The molecule has 0 radical (unpaired) electrons. The molecular formula is C24H23ClN2. The van der Waals surface area contributed by atoms with Gasteiger partial charge in [0.2, 0.25) is 0 Å². The Hall–Kier alpha value is -2.32. The third-order valence-corrected chi connectivity index (χ3v) is 6.04. The molecule has 2 nitrogen and oxygen atoms in total. The van der Waals surface area contributed by atoms with Crippen molar-refractivity contribution in [3.63, 3.8) is 0 Å². The molecule has 136 valence electrons. The van der Waals surface area contributed by atoms with E-state index in [0.717, 1.165) is 47.7 Å². The topological polar surface area (TPSA) is 16.1 Å². The average molecular weight is 375 g/mol. The predicted octanol–water partition coefficient (Wildman–Crippen LogP) is 6.33. The summed E-state index contributed by atoms with van der Waals surface area (Å²) in [4.78, 5) is 7.71. The summed E-state index contributed by atoms with van der Waals surface area (Å²) in [5, 5.41) is 2.07. The van der Waals surface area contributed by atoms with Crippen LogP contribution in [-0.2, 0) is 6.42 Å². The number of rotatable bonds is 2. The Bertz CT molecular complexity index is 1010. The van der Waals surface area contributed by atoms with Crippen LogP contribution in [0.2, 0.25) is 5.02 Å². The van der Waals surface area contributed by atoms with Crippen LogP contribution in [0.15, 0.2) is 54.6 Å². The number of nitrogens with zero attached hydrogens (tertiary/aromatic N) is 2. The molecule has 1 saturated heterocycles. The van der Waals surface area contributed by atoms with E-state index in [2.05, 4.69) is 47.4 Å². The van der Waals surface area contributed by atoms with E-state index in [-0.39, 0.29) is 0 Å². The standard InChI is InChI=1S/C24H23ClN2/c25-18-13-11-17(12-14-18)24-23-20(19-7-1-3-9-21(19)26-24)8-2-4-10-22(23)27-15-5-6-16-27/h1,3,7,9-14H,2,4-6,8,15-16H2. The van der Waals surface area contributed by atoms with Gasteiger partial charge < -0.3 is 4.90 Å². The number of benzene rings is 2. The first-order valence-corrected chi connectivity index (χ1v) is 10.3. The minimum absolute atomic E-state index is 0.765. The van der Waals surface area contributed by atoms with Crippen molar-refractivity contribution in [1.29, 1.82) is 0 Å². The summed E-state index contributed by atoms with van der Waals surface area (Å²) in [5.41, 5.74) is 7.53. The fraction of sp³-hybridized carbons (Fsp3) is 0.292. The van der Waals surface area contributed by atoms with Gasteiger partial charge in [-0.15, -0.1) is 0 Å². The van der Waals surface area contributed by atoms with Crippen LogP contribution in [0, 0.1) is 0 Å². The molecule has 5 rings (SSSR count). The molecule has 1 aliphatic heterocycles. The number of halogens is 1. The van der Waals surface area contributed by atoms with Crippen molar-refractivity contribution < 1.29 is 0 Å². The van der Waals surface area contributed by atoms with Crippen molar-refractivity contribution in [3.8, 4) is 11.3 Å². The third-order valence-electron chi connectivity index (χ3n) is 5.79. The summed E-state index contributed by atoms with van der Waals surface area (Å²) in [5.74, 6) is 0. The zero-order valence-electron chi connectivity index (χ0n) is 15.4. The zero-order chi connectivity index (χ0) is 18.2. The molecule has 0 unspecified atom stereocenters. The zero-order valence-corrected chi connectivity index (χ0v) is 16.2. The van der Waals surface area contributed by atoms with Gasteiger partial charge in [0.25, 0.3) is 0 Å². The van der Waals surface area contributed by atoms with Crippen LogP contribution in [0.3, 0.4) is 0 Å². The van der Waals surface area contributed by atoms with Crippen molar-refractivity contribution in [2.75, 3.05) is 13.1 Å². The number of hydrogen-bond acceptors (Lipinski definition) is 2. The Morgan fingerprint density at radius 3 is 2.48 bits per heavy atom. The van der Waals surface area contributed by atoms with Gasteiger partial charge in [-0.1, -0.05) is 48.0 Å². The Kier molecular flexibility index (Phi) is 4.37. The highest BCUT2D eigenvalue weighted by molar-refractivity contribution is 6.30.